The van der Waals surface area contributed by atoms with Crippen molar-refractivity contribution in [1.82, 2.24) is 0 Å². The average Bonchev–Trinajstić information content (AvgIpc) is 3.06. The molecule has 1 fully saturated rings. The van der Waals surface area contributed by atoms with E-state index in [0.717, 1.165) is 4.31 Å². The number of furan rings is 1. The Bertz CT molecular complexity index is 872. The van der Waals surface area contributed by atoms with Crippen molar-refractivity contribution >= 4 is 15.9 Å². The molecule has 1 aromatic carbocycles. The molecule has 1 aromatic heterocycles. The van der Waals surface area contributed by atoms with Gasteiger partial charge in [0.15, 0.2) is 5.76 Å². The molecule has 0 spiro atoms. The number of ether oxygens (including phenoxy) is 2. The van der Waals surface area contributed by atoms with Crippen LogP contribution in [0, 0.1) is 0 Å². The van der Waals surface area contributed by atoms with Crippen molar-refractivity contribution in [2.75, 3.05) is 30.8 Å². The van der Waals surface area contributed by atoms with Crippen LogP contribution in [0.15, 0.2) is 22.6 Å². The summed E-state index contributed by atoms with van der Waals surface area (Å²) in [6.45, 7) is 0.183. The van der Waals surface area contributed by atoms with Gasteiger partial charge in [0.05, 0.1) is 25.5 Å². The predicted molar refractivity (Wildman–Crippen MR) is 86.3 cm³/mol. The van der Waals surface area contributed by atoms with Crippen LogP contribution >= 0.6 is 0 Å². The molecule has 0 unspecified atom stereocenters. The molecule has 3 rings (SSSR count). The van der Waals surface area contributed by atoms with Crippen molar-refractivity contribution in [2.45, 2.75) is 6.42 Å². The minimum atomic E-state index is -3.56. The molecule has 1 saturated heterocycles. The van der Waals surface area contributed by atoms with Gasteiger partial charge in [-0.05, 0) is 18.6 Å². The summed E-state index contributed by atoms with van der Waals surface area (Å²) in [6.07, 6.45) is 0.421. The van der Waals surface area contributed by atoms with Gasteiger partial charge in [0.1, 0.15) is 11.5 Å². The topological polar surface area (TPSA) is 109 Å². The molecule has 130 valence electrons. The lowest BCUT2D eigenvalue weighted by atomic mass is 10.1. The van der Waals surface area contributed by atoms with E-state index in [1.807, 2.05) is 0 Å². The van der Waals surface area contributed by atoms with Crippen molar-refractivity contribution < 1.29 is 32.5 Å². The zero-order valence-corrected chi connectivity index (χ0v) is 14.0. The molecule has 8 nitrogen and oxygen atoms in total. The Morgan fingerprint density at radius 3 is 2.50 bits per heavy atom. The highest BCUT2D eigenvalue weighted by molar-refractivity contribution is 7.93. The van der Waals surface area contributed by atoms with Gasteiger partial charge in [-0.25, -0.2) is 12.7 Å². The molecule has 2 N–H and O–H groups in total. The van der Waals surface area contributed by atoms with Gasteiger partial charge in [-0.3, -0.25) is 0 Å². The fraction of sp³-hybridized carbons (Fsp3) is 0.333. The highest BCUT2D eigenvalue weighted by Gasteiger charge is 2.36. The van der Waals surface area contributed by atoms with Crippen LogP contribution in [-0.2, 0) is 10.0 Å². The Balaban J connectivity index is 2.13. The van der Waals surface area contributed by atoms with E-state index in [1.165, 1.54) is 14.2 Å². The van der Waals surface area contributed by atoms with Gasteiger partial charge in [-0.2, -0.15) is 0 Å². The highest BCUT2D eigenvalue weighted by atomic mass is 32.2. The standard InChI is InChI=1S/C15H17NO7S/c1-21-9-4-5-10(11(8-9)22-2)14-12(17)13(18)15(23-14)16-6-3-7-24(16,19)20/h4-5,8,17-18H,3,6-7H2,1-2H3. The van der Waals surface area contributed by atoms with Gasteiger partial charge in [-0.15, -0.1) is 0 Å². The van der Waals surface area contributed by atoms with Crippen LogP contribution < -0.4 is 13.8 Å². The number of aromatic hydroxyl groups is 2. The molecular weight excluding hydrogens is 338 g/mol. The van der Waals surface area contributed by atoms with Crippen LogP contribution in [0.1, 0.15) is 6.42 Å². The molecule has 0 amide bonds. The summed E-state index contributed by atoms with van der Waals surface area (Å²) in [7, 11) is -0.622. The maximum atomic E-state index is 12.0. The number of sulfonamides is 1. The molecule has 24 heavy (non-hydrogen) atoms. The van der Waals surface area contributed by atoms with Crippen LogP contribution in [0.3, 0.4) is 0 Å². The van der Waals surface area contributed by atoms with E-state index < -0.39 is 21.5 Å². The maximum Gasteiger partial charge on any atom is 0.256 e. The Labute approximate surface area is 138 Å². The third-order valence-electron chi connectivity index (χ3n) is 3.82. The quantitative estimate of drug-likeness (QED) is 0.862. The number of rotatable bonds is 4. The highest BCUT2D eigenvalue weighted by Crippen LogP contribution is 2.50. The van der Waals surface area contributed by atoms with Crippen molar-refractivity contribution in [3.05, 3.63) is 18.2 Å². The zero-order chi connectivity index (χ0) is 17.5. The monoisotopic (exact) mass is 355 g/mol. The molecule has 9 heteroatoms. The van der Waals surface area contributed by atoms with Crippen LogP contribution in [0.25, 0.3) is 11.3 Å². The Kier molecular flexibility index (Phi) is 3.96. The van der Waals surface area contributed by atoms with Gasteiger partial charge in [0.2, 0.25) is 21.5 Å². The number of hydrogen-bond acceptors (Lipinski definition) is 7. The summed E-state index contributed by atoms with van der Waals surface area (Å²) in [6, 6.07) is 4.79. The van der Waals surface area contributed by atoms with Crippen molar-refractivity contribution in [1.29, 1.82) is 0 Å². The lowest BCUT2D eigenvalue weighted by Crippen LogP contribution is -2.24. The van der Waals surface area contributed by atoms with Crippen molar-refractivity contribution in [3.8, 4) is 34.3 Å². The second-order valence-electron chi connectivity index (χ2n) is 5.24. The summed E-state index contributed by atoms with van der Waals surface area (Å²) in [5.41, 5.74) is 0.356. The largest absolute Gasteiger partial charge is 0.502 e. The number of hydrogen-bond donors (Lipinski definition) is 2. The maximum absolute atomic E-state index is 12.0. The number of anilines is 1. The summed E-state index contributed by atoms with van der Waals surface area (Å²) in [5, 5.41) is 20.3. The van der Waals surface area contributed by atoms with Gasteiger partial charge in [-0.1, -0.05) is 0 Å². The number of nitrogens with zero attached hydrogens (tertiary/aromatic N) is 1. The SMILES string of the molecule is COc1ccc(-c2oc(N3CCCS3(=O)=O)c(O)c2O)c(OC)c1. The molecule has 0 saturated carbocycles. The summed E-state index contributed by atoms with van der Waals surface area (Å²) < 4.78 is 40.8. The fourth-order valence-electron chi connectivity index (χ4n) is 2.61. The first-order valence-electron chi connectivity index (χ1n) is 7.16. The summed E-state index contributed by atoms with van der Waals surface area (Å²) in [4.78, 5) is 0. The van der Waals surface area contributed by atoms with E-state index in [0.29, 0.717) is 23.5 Å². The van der Waals surface area contributed by atoms with E-state index in [2.05, 4.69) is 0 Å². The first kappa shape index (κ1) is 16.3. The Morgan fingerprint density at radius 2 is 1.92 bits per heavy atom. The van der Waals surface area contributed by atoms with Crippen molar-refractivity contribution in [2.24, 2.45) is 0 Å². The third kappa shape index (κ3) is 2.50. The Hall–Kier alpha value is -2.55. The minimum Gasteiger partial charge on any atom is -0.502 e. The fourth-order valence-corrected chi connectivity index (χ4v) is 4.11. The normalized spacial score (nSPS) is 16.3. The van der Waals surface area contributed by atoms with E-state index in [1.54, 1.807) is 18.2 Å². The molecule has 1 aliphatic heterocycles. The molecule has 0 bridgehead atoms. The number of methoxy groups -OCH3 is 2. The summed E-state index contributed by atoms with van der Waals surface area (Å²) >= 11 is 0. The first-order chi connectivity index (χ1) is 11.4. The summed E-state index contributed by atoms with van der Waals surface area (Å²) in [5.74, 6) is -0.692. The lowest BCUT2D eigenvalue weighted by Gasteiger charge is -2.13. The smallest absolute Gasteiger partial charge is 0.256 e. The minimum absolute atomic E-state index is 0.0326. The van der Waals surface area contributed by atoms with Crippen molar-refractivity contribution in [3.63, 3.8) is 0 Å². The molecule has 1 aliphatic rings. The van der Waals surface area contributed by atoms with Gasteiger partial charge >= 0.3 is 0 Å². The van der Waals surface area contributed by atoms with E-state index in [4.69, 9.17) is 13.9 Å². The zero-order valence-electron chi connectivity index (χ0n) is 13.1. The Morgan fingerprint density at radius 1 is 1.17 bits per heavy atom. The van der Waals surface area contributed by atoms with Gasteiger partial charge < -0.3 is 24.1 Å². The first-order valence-corrected chi connectivity index (χ1v) is 8.77. The van der Waals surface area contributed by atoms with Gasteiger partial charge in [0, 0.05) is 12.6 Å². The average molecular weight is 355 g/mol. The van der Waals surface area contributed by atoms with Crippen LogP contribution in [0.2, 0.25) is 0 Å². The molecule has 0 radical (unpaired) electrons. The second-order valence-corrected chi connectivity index (χ2v) is 7.25. The van der Waals surface area contributed by atoms with E-state index >= 15 is 0 Å². The van der Waals surface area contributed by atoms with Gasteiger partial charge in [0.25, 0.3) is 5.88 Å². The van der Waals surface area contributed by atoms with Crippen LogP contribution in [0.4, 0.5) is 5.88 Å². The van der Waals surface area contributed by atoms with E-state index in [-0.39, 0.29) is 23.9 Å². The molecular formula is C15H17NO7S. The predicted octanol–water partition coefficient (Wildman–Crippen LogP) is 1.91. The molecule has 0 atom stereocenters. The van der Waals surface area contributed by atoms with Crippen LogP contribution in [-0.4, -0.2) is 45.1 Å². The number of benzene rings is 1. The molecule has 0 aliphatic carbocycles. The lowest BCUT2D eigenvalue weighted by molar-refractivity contribution is 0.393. The second kappa shape index (κ2) is 5.82. The third-order valence-corrected chi connectivity index (χ3v) is 5.64. The molecule has 2 heterocycles. The molecule has 2 aromatic rings. The van der Waals surface area contributed by atoms with E-state index in [9.17, 15) is 18.6 Å². The van der Waals surface area contributed by atoms with Crippen LogP contribution in [0.5, 0.6) is 23.0 Å².